The monoisotopic (exact) mass is 301 g/mol. The number of allylic oxidation sites excluding steroid dienone is 2. The summed E-state index contributed by atoms with van der Waals surface area (Å²) < 4.78 is 13.8. The molecule has 22 heavy (non-hydrogen) atoms. The first kappa shape index (κ1) is 15.3. The van der Waals surface area contributed by atoms with E-state index in [1.165, 1.54) is 11.6 Å². The molecule has 3 rings (SSSR count). The van der Waals surface area contributed by atoms with Crippen molar-refractivity contribution in [1.82, 2.24) is 4.90 Å². The highest BCUT2D eigenvalue weighted by Gasteiger charge is 2.45. The van der Waals surface area contributed by atoms with Crippen LogP contribution in [0, 0.1) is 17.2 Å². The fourth-order valence-electron chi connectivity index (χ4n) is 4.20. The summed E-state index contributed by atoms with van der Waals surface area (Å²) in [4.78, 5) is 2.19. The highest BCUT2D eigenvalue weighted by Crippen LogP contribution is 2.56. The maximum absolute atomic E-state index is 13.8. The standard InChI is InChI=1S/C19H24FNO/c1-4-19-6-5-13(10-19)18(12-21(2)3)17(11-19)14-7-15(20)9-16(22)8-14/h4-5,7-9,17-18,22H,1,6,10-12H2,2-3H3. The molecule has 0 aromatic heterocycles. The minimum absolute atomic E-state index is 0.0122. The third-order valence-corrected chi connectivity index (χ3v) is 5.24. The minimum Gasteiger partial charge on any atom is -0.508 e. The average molecular weight is 301 g/mol. The molecule has 118 valence electrons. The van der Waals surface area contributed by atoms with E-state index < -0.39 is 0 Å². The van der Waals surface area contributed by atoms with E-state index >= 15 is 0 Å². The zero-order chi connectivity index (χ0) is 15.9. The highest BCUT2D eigenvalue weighted by molar-refractivity contribution is 5.37. The highest BCUT2D eigenvalue weighted by atomic mass is 19.1. The lowest BCUT2D eigenvalue weighted by Gasteiger charge is -2.42. The Bertz CT molecular complexity index is 602. The molecule has 0 amide bonds. The molecule has 0 spiro atoms. The molecule has 2 bridgehead atoms. The molecule has 2 aliphatic rings. The molecule has 2 aliphatic carbocycles. The summed E-state index contributed by atoms with van der Waals surface area (Å²) in [6, 6.07) is 4.47. The van der Waals surface area contributed by atoms with E-state index in [4.69, 9.17) is 0 Å². The summed E-state index contributed by atoms with van der Waals surface area (Å²) in [5.41, 5.74) is 2.49. The number of rotatable bonds is 4. The van der Waals surface area contributed by atoms with Gasteiger partial charge in [-0.25, -0.2) is 4.39 Å². The van der Waals surface area contributed by atoms with Gasteiger partial charge in [-0.15, -0.1) is 6.58 Å². The zero-order valence-electron chi connectivity index (χ0n) is 13.3. The van der Waals surface area contributed by atoms with Crippen LogP contribution in [0.5, 0.6) is 5.75 Å². The van der Waals surface area contributed by atoms with Crippen LogP contribution in [0.2, 0.25) is 0 Å². The summed E-state index contributed by atoms with van der Waals surface area (Å²) in [6.45, 7) is 4.98. The van der Waals surface area contributed by atoms with Crippen LogP contribution in [0.4, 0.5) is 4.39 Å². The molecular weight excluding hydrogens is 277 g/mol. The first-order valence-corrected chi connectivity index (χ1v) is 7.89. The molecule has 2 nitrogen and oxygen atoms in total. The molecule has 1 fully saturated rings. The van der Waals surface area contributed by atoms with Crippen molar-refractivity contribution in [2.24, 2.45) is 11.3 Å². The summed E-state index contributed by atoms with van der Waals surface area (Å²) in [7, 11) is 4.15. The SMILES string of the molecule is C=CC12CC=C(C1)C(CN(C)C)C(c1cc(O)cc(F)c1)C2. The molecule has 0 heterocycles. The molecule has 1 N–H and O–H groups in total. The van der Waals surface area contributed by atoms with Crippen molar-refractivity contribution in [3.8, 4) is 5.75 Å². The predicted octanol–water partition coefficient (Wildman–Crippen LogP) is 4.09. The van der Waals surface area contributed by atoms with Crippen LogP contribution in [0.1, 0.15) is 30.7 Å². The Labute approximate surface area is 132 Å². The van der Waals surface area contributed by atoms with E-state index in [1.54, 1.807) is 12.1 Å². The van der Waals surface area contributed by atoms with Gasteiger partial charge in [0.25, 0.3) is 0 Å². The molecule has 1 aromatic rings. The van der Waals surface area contributed by atoms with Crippen LogP contribution in [0.15, 0.2) is 42.5 Å². The van der Waals surface area contributed by atoms with Crippen molar-refractivity contribution < 1.29 is 9.50 Å². The number of nitrogens with zero attached hydrogens (tertiary/aromatic N) is 1. The van der Waals surface area contributed by atoms with Gasteiger partial charge < -0.3 is 10.0 Å². The lowest BCUT2D eigenvalue weighted by Crippen LogP contribution is -2.35. The fourth-order valence-corrected chi connectivity index (χ4v) is 4.20. The van der Waals surface area contributed by atoms with Crippen LogP contribution in [-0.2, 0) is 0 Å². The lowest BCUT2D eigenvalue weighted by molar-refractivity contribution is 0.219. The molecule has 3 atom stereocenters. The molecule has 3 unspecified atom stereocenters. The van der Waals surface area contributed by atoms with Crippen LogP contribution >= 0.6 is 0 Å². The van der Waals surface area contributed by atoms with E-state index in [0.29, 0.717) is 5.92 Å². The number of hydrogen-bond donors (Lipinski definition) is 1. The largest absolute Gasteiger partial charge is 0.508 e. The van der Waals surface area contributed by atoms with Crippen molar-refractivity contribution in [3.05, 3.63) is 53.9 Å². The third kappa shape index (κ3) is 2.70. The van der Waals surface area contributed by atoms with Crippen LogP contribution in [0.3, 0.4) is 0 Å². The van der Waals surface area contributed by atoms with Gasteiger partial charge in [0.2, 0.25) is 0 Å². The summed E-state index contributed by atoms with van der Waals surface area (Å²) in [5.74, 6) is 0.257. The molecule has 0 aliphatic heterocycles. The van der Waals surface area contributed by atoms with E-state index in [9.17, 15) is 9.50 Å². The number of halogens is 1. The lowest BCUT2D eigenvalue weighted by atomic mass is 9.64. The van der Waals surface area contributed by atoms with Crippen molar-refractivity contribution in [1.29, 1.82) is 0 Å². The minimum atomic E-state index is -0.363. The van der Waals surface area contributed by atoms with E-state index in [0.717, 1.165) is 31.4 Å². The number of benzene rings is 1. The second kappa shape index (κ2) is 5.54. The average Bonchev–Trinajstić information content (AvgIpc) is 2.80. The molecular formula is C19H24FNO. The van der Waals surface area contributed by atoms with Crippen LogP contribution < -0.4 is 0 Å². The normalized spacial score (nSPS) is 30.5. The molecule has 3 heteroatoms. The third-order valence-electron chi connectivity index (χ3n) is 5.24. The topological polar surface area (TPSA) is 23.5 Å². The Morgan fingerprint density at radius 3 is 2.82 bits per heavy atom. The first-order chi connectivity index (χ1) is 10.4. The maximum atomic E-state index is 13.8. The molecule has 1 saturated carbocycles. The van der Waals surface area contributed by atoms with Gasteiger partial charge in [-0.1, -0.05) is 17.7 Å². The number of aromatic hydroxyl groups is 1. The maximum Gasteiger partial charge on any atom is 0.127 e. The van der Waals surface area contributed by atoms with Gasteiger partial charge in [-0.3, -0.25) is 0 Å². The van der Waals surface area contributed by atoms with Crippen molar-refractivity contribution in [2.75, 3.05) is 20.6 Å². The van der Waals surface area contributed by atoms with Crippen molar-refractivity contribution >= 4 is 0 Å². The quantitative estimate of drug-likeness (QED) is 0.847. The second-order valence-electron chi connectivity index (χ2n) is 7.15. The Hall–Kier alpha value is -1.61. The number of phenolic OH excluding ortho intramolecular Hbond substituents is 1. The predicted molar refractivity (Wildman–Crippen MR) is 87.4 cm³/mol. The molecule has 0 radical (unpaired) electrons. The number of phenols is 1. The van der Waals surface area contributed by atoms with Gasteiger partial charge in [-0.05, 0) is 68.3 Å². The Morgan fingerprint density at radius 2 is 2.18 bits per heavy atom. The van der Waals surface area contributed by atoms with Gasteiger partial charge in [0, 0.05) is 12.6 Å². The van der Waals surface area contributed by atoms with Gasteiger partial charge in [-0.2, -0.15) is 0 Å². The van der Waals surface area contributed by atoms with Crippen molar-refractivity contribution in [2.45, 2.75) is 25.2 Å². The zero-order valence-corrected chi connectivity index (χ0v) is 13.3. The smallest absolute Gasteiger partial charge is 0.127 e. The van der Waals surface area contributed by atoms with E-state index in [2.05, 4.69) is 37.7 Å². The summed E-state index contributed by atoms with van der Waals surface area (Å²) in [6.07, 6.45) is 7.52. The summed E-state index contributed by atoms with van der Waals surface area (Å²) in [5, 5.41) is 9.78. The number of hydrogen-bond acceptors (Lipinski definition) is 2. The first-order valence-electron chi connectivity index (χ1n) is 7.89. The van der Waals surface area contributed by atoms with Gasteiger partial charge in [0.15, 0.2) is 0 Å². The van der Waals surface area contributed by atoms with Gasteiger partial charge >= 0.3 is 0 Å². The van der Waals surface area contributed by atoms with Gasteiger partial charge in [0.1, 0.15) is 11.6 Å². The Kier molecular flexibility index (Phi) is 3.85. The Morgan fingerprint density at radius 1 is 1.41 bits per heavy atom. The second-order valence-corrected chi connectivity index (χ2v) is 7.15. The van der Waals surface area contributed by atoms with E-state index in [-0.39, 0.29) is 22.9 Å². The fraction of sp³-hybridized carbons (Fsp3) is 0.474. The molecule has 0 saturated heterocycles. The van der Waals surface area contributed by atoms with E-state index in [1.807, 2.05) is 0 Å². The van der Waals surface area contributed by atoms with Crippen LogP contribution in [0.25, 0.3) is 0 Å². The van der Waals surface area contributed by atoms with Crippen molar-refractivity contribution in [3.63, 3.8) is 0 Å². The molecule has 1 aromatic carbocycles. The van der Waals surface area contributed by atoms with Gasteiger partial charge in [0.05, 0.1) is 0 Å². The Balaban J connectivity index is 2.01. The van der Waals surface area contributed by atoms with Crippen LogP contribution in [-0.4, -0.2) is 30.6 Å². The number of fused-ring (bicyclic) bond motifs is 2. The summed E-state index contributed by atoms with van der Waals surface area (Å²) >= 11 is 0.